The smallest absolute Gasteiger partial charge is 0.274 e. The van der Waals surface area contributed by atoms with Gasteiger partial charge in [-0.25, -0.2) is 0 Å². The highest BCUT2D eigenvalue weighted by atomic mass is 35.5. The van der Waals surface area contributed by atoms with Crippen LogP contribution in [-0.2, 0) is 4.79 Å². The topological polar surface area (TPSA) is 115 Å². The van der Waals surface area contributed by atoms with E-state index in [0.717, 1.165) is 15.9 Å². The number of fused-ring (bicyclic) bond motifs is 1. The molecular formula is C22H14Cl2N4O2S. The quantitative estimate of drug-likeness (QED) is 0.612. The van der Waals surface area contributed by atoms with Gasteiger partial charge in [-0.2, -0.15) is 5.26 Å². The van der Waals surface area contributed by atoms with E-state index in [9.17, 15) is 14.9 Å². The maximum Gasteiger partial charge on any atom is 0.274 e. The van der Waals surface area contributed by atoms with Crippen LogP contribution in [-0.4, -0.2) is 10.5 Å². The fourth-order valence-corrected chi connectivity index (χ4v) is 5.15. The Morgan fingerprint density at radius 2 is 1.77 bits per heavy atom. The first kappa shape index (κ1) is 20.9. The number of nitrogens with zero attached hydrogens (tertiary/aromatic N) is 2. The van der Waals surface area contributed by atoms with Gasteiger partial charge in [-0.1, -0.05) is 59.6 Å². The Morgan fingerprint density at radius 3 is 2.39 bits per heavy atom. The number of primary amides is 1. The maximum atomic E-state index is 13.2. The van der Waals surface area contributed by atoms with Crippen molar-refractivity contribution < 1.29 is 4.79 Å². The van der Waals surface area contributed by atoms with Crippen molar-refractivity contribution in [3.8, 4) is 6.07 Å². The third kappa shape index (κ3) is 3.45. The molecule has 0 unspecified atom stereocenters. The molecule has 0 aliphatic carbocycles. The molecule has 4 N–H and O–H groups in total. The van der Waals surface area contributed by atoms with E-state index in [1.807, 2.05) is 6.07 Å². The molecule has 154 valence electrons. The first-order valence-corrected chi connectivity index (χ1v) is 10.6. The van der Waals surface area contributed by atoms with Crippen molar-refractivity contribution in [1.29, 1.82) is 5.26 Å². The minimum absolute atomic E-state index is 0.0265. The number of carbonyl (C=O) groups is 1. The minimum Gasteiger partial charge on any atom is -0.384 e. The number of nitriles is 1. The van der Waals surface area contributed by atoms with Gasteiger partial charge in [-0.15, -0.1) is 11.3 Å². The lowest BCUT2D eigenvalue weighted by Crippen LogP contribution is -2.41. The van der Waals surface area contributed by atoms with Crippen molar-refractivity contribution in [2.24, 2.45) is 11.5 Å². The van der Waals surface area contributed by atoms with Crippen LogP contribution in [0.3, 0.4) is 0 Å². The summed E-state index contributed by atoms with van der Waals surface area (Å²) in [6, 6.07) is 15.9. The second-order valence-corrected chi connectivity index (χ2v) is 8.57. The van der Waals surface area contributed by atoms with E-state index in [0.29, 0.717) is 25.7 Å². The number of amides is 1. The highest BCUT2D eigenvalue weighted by Gasteiger charge is 2.35. The fourth-order valence-electron chi connectivity index (χ4n) is 3.54. The first-order valence-electron chi connectivity index (χ1n) is 9.01. The molecule has 1 aromatic heterocycles. The van der Waals surface area contributed by atoms with Crippen molar-refractivity contribution in [2.45, 2.75) is 5.92 Å². The number of benzene rings is 2. The van der Waals surface area contributed by atoms with Gasteiger partial charge in [0.1, 0.15) is 10.5 Å². The highest BCUT2D eigenvalue weighted by Crippen LogP contribution is 2.38. The molecule has 0 bridgehead atoms. The Balaban J connectivity index is 2.13. The number of allylic oxidation sites excluding steroid dienone is 1. The van der Waals surface area contributed by atoms with Crippen molar-refractivity contribution in [1.82, 2.24) is 4.57 Å². The molecule has 1 aliphatic heterocycles. The van der Waals surface area contributed by atoms with E-state index in [-0.39, 0.29) is 21.6 Å². The fraction of sp³-hybridized carbons (Fsp3) is 0.0455. The largest absolute Gasteiger partial charge is 0.384 e. The van der Waals surface area contributed by atoms with Gasteiger partial charge in [-0.05, 0) is 29.3 Å². The molecule has 0 saturated heterocycles. The van der Waals surface area contributed by atoms with Gasteiger partial charge in [0.25, 0.3) is 5.56 Å². The van der Waals surface area contributed by atoms with Crippen molar-refractivity contribution >= 4 is 57.9 Å². The number of aromatic nitrogens is 1. The third-order valence-electron chi connectivity index (χ3n) is 4.94. The van der Waals surface area contributed by atoms with E-state index in [1.165, 1.54) is 0 Å². The molecule has 0 fully saturated rings. The summed E-state index contributed by atoms with van der Waals surface area (Å²) in [6.45, 7) is 0. The number of carbonyl (C=O) groups excluding carboxylic acids is 1. The second kappa shape index (κ2) is 8.08. The number of halogens is 2. The molecule has 9 heteroatoms. The molecule has 1 amide bonds. The van der Waals surface area contributed by atoms with E-state index >= 15 is 0 Å². The molecule has 3 aromatic rings. The lowest BCUT2D eigenvalue weighted by Gasteiger charge is -2.24. The maximum absolute atomic E-state index is 13.2. The highest BCUT2D eigenvalue weighted by molar-refractivity contribution is 7.07. The Kier molecular flexibility index (Phi) is 5.46. The Labute approximate surface area is 190 Å². The van der Waals surface area contributed by atoms with E-state index in [2.05, 4.69) is 0 Å². The molecule has 0 saturated carbocycles. The van der Waals surface area contributed by atoms with E-state index in [4.69, 9.17) is 34.7 Å². The van der Waals surface area contributed by atoms with Crippen molar-refractivity contribution in [3.05, 3.63) is 94.8 Å². The predicted molar refractivity (Wildman–Crippen MR) is 123 cm³/mol. The Morgan fingerprint density at radius 1 is 1.13 bits per heavy atom. The lowest BCUT2D eigenvalue weighted by atomic mass is 9.83. The molecule has 1 atom stereocenters. The van der Waals surface area contributed by atoms with Gasteiger partial charge in [0, 0.05) is 10.0 Å². The van der Waals surface area contributed by atoms with Crippen LogP contribution in [0.2, 0.25) is 10.0 Å². The summed E-state index contributed by atoms with van der Waals surface area (Å²) in [5, 5.41) is 10.7. The summed E-state index contributed by atoms with van der Waals surface area (Å²) in [5.41, 5.74) is 12.8. The Hall–Kier alpha value is -3.31. The van der Waals surface area contributed by atoms with Gasteiger partial charge < -0.3 is 11.5 Å². The SMILES string of the molecule is N#CC1=C(N)n2c(s/c(=C/c3ccccc3Cl)c2=O)=C(C(N)=O)[C@@H]1c1ccccc1Cl. The summed E-state index contributed by atoms with van der Waals surface area (Å²) in [5.74, 6) is -1.72. The summed E-state index contributed by atoms with van der Waals surface area (Å²) < 4.78 is 1.71. The van der Waals surface area contributed by atoms with Gasteiger partial charge in [0.15, 0.2) is 0 Å². The molecule has 2 aromatic carbocycles. The van der Waals surface area contributed by atoms with Crippen LogP contribution >= 0.6 is 34.5 Å². The third-order valence-corrected chi connectivity index (χ3v) is 6.74. The number of thiazole rings is 1. The molecule has 0 radical (unpaired) electrons. The average molecular weight is 469 g/mol. The normalized spacial score (nSPS) is 16.2. The molecule has 2 heterocycles. The van der Waals surface area contributed by atoms with Gasteiger partial charge in [0.2, 0.25) is 5.91 Å². The molecule has 1 aliphatic rings. The first-order chi connectivity index (χ1) is 14.8. The van der Waals surface area contributed by atoms with Crippen LogP contribution in [0, 0.1) is 11.3 Å². The van der Waals surface area contributed by atoms with Gasteiger partial charge in [-0.3, -0.25) is 14.2 Å². The second-order valence-electron chi connectivity index (χ2n) is 6.72. The Bertz CT molecular complexity index is 1490. The van der Waals surface area contributed by atoms with E-state index < -0.39 is 17.4 Å². The monoisotopic (exact) mass is 468 g/mol. The molecule has 0 spiro atoms. The average Bonchev–Trinajstić information content (AvgIpc) is 3.05. The summed E-state index contributed by atoms with van der Waals surface area (Å²) in [4.78, 5) is 25.7. The lowest BCUT2D eigenvalue weighted by molar-refractivity contribution is -0.113. The minimum atomic E-state index is -0.887. The van der Waals surface area contributed by atoms with Crippen LogP contribution in [0.5, 0.6) is 0 Å². The van der Waals surface area contributed by atoms with Crippen molar-refractivity contribution in [3.63, 3.8) is 0 Å². The van der Waals surface area contributed by atoms with Crippen LogP contribution in [0.4, 0.5) is 0 Å². The van der Waals surface area contributed by atoms with Crippen LogP contribution in [0.25, 0.3) is 17.5 Å². The molecule has 31 heavy (non-hydrogen) atoms. The van der Waals surface area contributed by atoms with Crippen LogP contribution in [0.15, 0.2) is 58.9 Å². The molecule has 4 rings (SSSR count). The summed E-state index contributed by atoms with van der Waals surface area (Å²) in [6.07, 6.45) is 1.61. The standard InChI is InChI=1S/C22H14Cl2N4O2S/c23-14-7-3-1-5-11(14)9-16-21(30)28-19(26)13(10-25)17(12-6-2-4-8-15(12)24)18(20(27)29)22(28)31-16/h1-9,17H,26H2,(H2,27,29)/b16-9+/t17-/m1/s1. The zero-order chi connectivity index (χ0) is 22.3. The van der Waals surface area contributed by atoms with Gasteiger partial charge in [0.05, 0.1) is 27.7 Å². The summed E-state index contributed by atoms with van der Waals surface area (Å²) in [7, 11) is 0. The zero-order valence-corrected chi connectivity index (χ0v) is 18.1. The number of nitrogens with two attached hydrogens (primary N) is 2. The summed E-state index contributed by atoms with van der Waals surface area (Å²) >= 11 is 13.6. The zero-order valence-electron chi connectivity index (χ0n) is 15.8. The number of hydrogen-bond acceptors (Lipinski definition) is 5. The van der Waals surface area contributed by atoms with Crippen LogP contribution in [0.1, 0.15) is 17.0 Å². The van der Waals surface area contributed by atoms with Gasteiger partial charge >= 0.3 is 0 Å². The molecule has 6 nitrogen and oxygen atoms in total. The number of rotatable bonds is 3. The van der Waals surface area contributed by atoms with Crippen molar-refractivity contribution in [2.75, 3.05) is 0 Å². The predicted octanol–water partition coefficient (Wildman–Crippen LogP) is 2.13. The number of hydrogen-bond donors (Lipinski definition) is 2. The van der Waals surface area contributed by atoms with E-state index in [1.54, 1.807) is 54.6 Å². The molecular weight excluding hydrogens is 455 g/mol. The van der Waals surface area contributed by atoms with Crippen LogP contribution < -0.4 is 26.2 Å².